The molecule has 1 aliphatic rings. The number of amides is 1. The molecule has 1 aromatic rings. The zero-order valence-corrected chi connectivity index (χ0v) is 15.5. The summed E-state index contributed by atoms with van der Waals surface area (Å²) < 4.78 is 41.1. The lowest BCUT2D eigenvalue weighted by Crippen LogP contribution is -2.44. The lowest BCUT2D eigenvalue weighted by Gasteiger charge is -2.19. The van der Waals surface area contributed by atoms with Crippen molar-refractivity contribution in [2.45, 2.75) is 38.5 Å². The van der Waals surface area contributed by atoms with Gasteiger partial charge in [-0.2, -0.15) is 13.2 Å². The van der Waals surface area contributed by atoms with Crippen LogP contribution in [0.3, 0.4) is 0 Å². The number of alkyl halides is 3. The van der Waals surface area contributed by atoms with Gasteiger partial charge in [0.2, 0.25) is 5.91 Å². The number of carbonyl (C=O) groups excluding carboxylic acids is 1. The Morgan fingerprint density at radius 3 is 2.63 bits per heavy atom. The molecule has 0 radical (unpaired) electrons. The molecular weight excluding hydrogens is 361 g/mol. The van der Waals surface area contributed by atoms with Gasteiger partial charge < -0.3 is 20.3 Å². The number of benzene rings is 1. The molecule has 0 spiro atoms. The number of carbonyl (C=O) groups is 1. The van der Waals surface area contributed by atoms with E-state index in [1.54, 1.807) is 19.2 Å². The van der Waals surface area contributed by atoms with Crippen molar-refractivity contribution in [3.8, 4) is 5.75 Å². The van der Waals surface area contributed by atoms with E-state index in [2.05, 4.69) is 20.4 Å². The second-order valence-corrected chi connectivity index (χ2v) is 6.30. The first-order valence-electron chi connectivity index (χ1n) is 8.84. The summed E-state index contributed by atoms with van der Waals surface area (Å²) in [6.45, 7) is 2.39. The van der Waals surface area contributed by atoms with Crippen LogP contribution in [-0.4, -0.2) is 55.7 Å². The molecule has 2 N–H and O–H groups in total. The number of nitrogens with zero attached hydrogens (tertiary/aromatic N) is 2. The number of halogens is 3. The van der Waals surface area contributed by atoms with Crippen LogP contribution in [0.1, 0.15) is 25.3 Å². The molecule has 1 heterocycles. The van der Waals surface area contributed by atoms with Crippen molar-refractivity contribution in [3.05, 3.63) is 29.8 Å². The highest BCUT2D eigenvalue weighted by Crippen LogP contribution is 2.18. The summed E-state index contributed by atoms with van der Waals surface area (Å²) in [7, 11) is 1.66. The van der Waals surface area contributed by atoms with Gasteiger partial charge in [-0.1, -0.05) is 19.1 Å². The quantitative estimate of drug-likeness (QED) is 0.582. The van der Waals surface area contributed by atoms with Crippen LogP contribution in [0.4, 0.5) is 13.2 Å². The predicted octanol–water partition coefficient (Wildman–Crippen LogP) is 2.30. The first-order valence-corrected chi connectivity index (χ1v) is 8.84. The number of aliphatic imine (C=N–C) groups is 1. The lowest BCUT2D eigenvalue weighted by molar-refractivity contribution is -0.153. The molecule has 1 fully saturated rings. The Labute approximate surface area is 156 Å². The second kappa shape index (κ2) is 9.48. The van der Waals surface area contributed by atoms with Crippen LogP contribution in [-0.2, 0) is 11.3 Å². The highest BCUT2D eigenvalue weighted by atomic mass is 19.4. The van der Waals surface area contributed by atoms with E-state index in [9.17, 15) is 18.0 Å². The van der Waals surface area contributed by atoms with Gasteiger partial charge in [-0.25, -0.2) is 0 Å². The number of guanidine groups is 1. The number of rotatable bonds is 6. The Morgan fingerprint density at radius 1 is 1.33 bits per heavy atom. The van der Waals surface area contributed by atoms with Gasteiger partial charge in [0.05, 0.1) is 0 Å². The van der Waals surface area contributed by atoms with Gasteiger partial charge >= 0.3 is 6.18 Å². The molecule has 1 aliphatic heterocycles. The van der Waals surface area contributed by atoms with Crippen molar-refractivity contribution in [1.82, 2.24) is 15.5 Å². The van der Waals surface area contributed by atoms with Gasteiger partial charge in [0.15, 0.2) is 12.6 Å². The number of likely N-dealkylation sites (tertiary alicyclic amines) is 1. The third-order valence-corrected chi connectivity index (χ3v) is 4.19. The maximum atomic E-state index is 12.1. The largest absolute Gasteiger partial charge is 0.484 e. The summed E-state index contributed by atoms with van der Waals surface area (Å²) in [5.41, 5.74) is 0.881. The summed E-state index contributed by atoms with van der Waals surface area (Å²) >= 11 is 0. The van der Waals surface area contributed by atoms with Gasteiger partial charge in [-0.3, -0.25) is 9.79 Å². The van der Waals surface area contributed by atoms with E-state index in [0.29, 0.717) is 25.5 Å². The Balaban J connectivity index is 1.78. The smallest absolute Gasteiger partial charge is 0.422 e. The van der Waals surface area contributed by atoms with Crippen molar-refractivity contribution in [3.63, 3.8) is 0 Å². The fourth-order valence-corrected chi connectivity index (χ4v) is 2.77. The lowest BCUT2D eigenvalue weighted by atomic mass is 10.2. The van der Waals surface area contributed by atoms with Crippen LogP contribution in [0, 0.1) is 0 Å². The van der Waals surface area contributed by atoms with Gasteiger partial charge in [0.25, 0.3) is 0 Å². The Hall–Kier alpha value is -2.45. The summed E-state index contributed by atoms with van der Waals surface area (Å²) in [6.07, 6.45) is -2.99. The van der Waals surface area contributed by atoms with E-state index in [-0.39, 0.29) is 17.7 Å². The molecule has 1 aromatic carbocycles. The number of nitrogens with one attached hydrogen (secondary N) is 2. The molecule has 1 saturated heterocycles. The molecule has 1 amide bonds. The molecule has 9 heteroatoms. The summed E-state index contributed by atoms with van der Waals surface area (Å²) in [5.74, 6) is 0.934. The average molecular weight is 386 g/mol. The van der Waals surface area contributed by atoms with Gasteiger partial charge in [0, 0.05) is 39.1 Å². The van der Waals surface area contributed by atoms with Crippen LogP contribution in [0.15, 0.2) is 29.3 Å². The molecule has 0 saturated carbocycles. The van der Waals surface area contributed by atoms with Crippen molar-refractivity contribution in [2.75, 3.05) is 26.7 Å². The zero-order valence-electron chi connectivity index (χ0n) is 15.5. The van der Waals surface area contributed by atoms with Crippen LogP contribution in [0.25, 0.3) is 0 Å². The van der Waals surface area contributed by atoms with E-state index in [0.717, 1.165) is 18.5 Å². The van der Waals surface area contributed by atoms with Crippen LogP contribution < -0.4 is 15.4 Å². The minimum atomic E-state index is -4.35. The highest BCUT2D eigenvalue weighted by molar-refractivity contribution is 5.80. The number of hydrogen-bond donors (Lipinski definition) is 2. The monoisotopic (exact) mass is 386 g/mol. The zero-order chi connectivity index (χ0) is 19.9. The molecule has 1 atom stereocenters. The minimum absolute atomic E-state index is 0.143. The summed E-state index contributed by atoms with van der Waals surface area (Å²) in [5, 5.41) is 6.45. The average Bonchev–Trinajstić information content (AvgIpc) is 3.11. The van der Waals surface area contributed by atoms with Crippen molar-refractivity contribution >= 4 is 11.9 Å². The number of hydrogen-bond acceptors (Lipinski definition) is 3. The normalized spacial score (nSPS) is 17.7. The van der Waals surface area contributed by atoms with Crippen molar-refractivity contribution in [1.29, 1.82) is 0 Å². The molecule has 0 bridgehead atoms. The van der Waals surface area contributed by atoms with E-state index in [1.165, 1.54) is 12.1 Å². The van der Waals surface area contributed by atoms with Crippen molar-refractivity contribution in [2.24, 2.45) is 4.99 Å². The van der Waals surface area contributed by atoms with Gasteiger partial charge in [-0.05, 0) is 24.1 Å². The van der Waals surface area contributed by atoms with Crippen LogP contribution in [0.2, 0.25) is 0 Å². The topological polar surface area (TPSA) is 66.0 Å². The third-order valence-electron chi connectivity index (χ3n) is 4.19. The third kappa shape index (κ3) is 6.99. The second-order valence-electron chi connectivity index (χ2n) is 6.30. The first kappa shape index (κ1) is 20.9. The van der Waals surface area contributed by atoms with E-state index in [1.807, 2.05) is 11.8 Å². The van der Waals surface area contributed by atoms with Gasteiger partial charge in [0.1, 0.15) is 5.75 Å². The fraction of sp³-hybridized carbons (Fsp3) is 0.556. The van der Waals surface area contributed by atoms with E-state index in [4.69, 9.17) is 0 Å². The molecule has 0 aromatic heterocycles. The molecule has 0 aliphatic carbocycles. The molecule has 150 valence electrons. The maximum absolute atomic E-state index is 12.1. The SMILES string of the molecule is CCC(=O)N1CCC(NC(=NC)NCc2ccc(OCC(F)(F)F)cc2)C1. The van der Waals surface area contributed by atoms with Crippen molar-refractivity contribution < 1.29 is 22.7 Å². The van der Waals surface area contributed by atoms with Crippen LogP contribution in [0.5, 0.6) is 5.75 Å². The molecule has 6 nitrogen and oxygen atoms in total. The minimum Gasteiger partial charge on any atom is -0.484 e. The first-order chi connectivity index (χ1) is 12.8. The molecular formula is C18H25F3N4O2. The predicted molar refractivity (Wildman–Crippen MR) is 96.6 cm³/mol. The van der Waals surface area contributed by atoms with Crippen LogP contribution >= 0.6 is 0 Å². The molecule has 2 rings (SSSR count). The Bertz CT molecular complexity index is 647. The standard InChI is InChI=1S/C18H25F3N4O2/c1-3-16(26)25-9-8-14(11-25)24-17(22-2)23-10-13-4-6-15(7-5-13)27-12-18(19,20)21/h4-7,14H,3,8-12H2,1-2H3,(H2,22,23,24). The molecule has 27 heavy (non-hydrogen) atoms. The fourth-order valence-electron chi connectivity index (χ4n) is 2.77. The van der Waals surface area contributed by atoms with Gasteiger partial charge in [-0.15, -0.1) is 0 Å². The Kier molecular flexibility index (Phi) is 7.32. The Morgan fingerprint density at radius 2 is 2.04 bits per heavy atom. The highest BCUT2D eigenvalue weighted by Gasteiger charge is 2.28. The maximum Gasteiger partial charge on any atom is 0.422 e. The summed E-state index contributed by atoms with van der Waals surface area (Å²) in [4.78, 5) is 17.7. The van der Waals surface area contributed by atoms with E-state index >= 15 is 0 Å². The molecule has 1 unspecified atom stereocenters. The summed E-state index contributed by atoms with van der Waals surface area (Å²) in [6, 6.07) is 6.55. The number of ether oxygens (including phenoxy) is 1. The van der Waals surface area contributed by atoms with E-state index < -0.39 is 12.8 Å².